The molecule has 0 heterocycles. The van der Waals surface area contributed by atoms with E-state index < -0.39 is 0 Å². The van der Waals surface area contributed by atoms with Gasteiger partial charge in [-0.1, -0.05) is 50.1 Å². The lowest BCUT2D eigenvalue weighted by molar-refractivity contribution is 0.109. The third-order valence-corrected chi connectivity index (χ3v) is 3.05. The Bertz CT molecular complexity index is 307. The molecule has 0 fully saturated rings. The summed E-state index contributed by atoms with van der Waals surface area (Å²) in [5.74, 6) is 0. The van der Waals surface area contributed by atoms with Gasteiger partial charge >= 0.3 is 0 Å². The second-order valence-corrected chi connectivity index (χ2v) is 4.85. The van der Waals surface area contributed by atoms with Crippen LogP contribution >= 0.6 is 0 Å². The Hall–Kier alpha value is -0.860. The Balaban J connectivity index is 2.51. The fourth-order valence-corrected chi connectivity index (χ4v) is 1.84. The van der Waals surface area contributed by atoms with Crippen LogP contribution < -0.4 is 5.32 Å². The van der Waals surface area contributed by atoms with Crippen LogP contribution in [0.15, 0.2) is 24.3 Å². The van der Waals surface area contributed by atoms with Crippen molar-refractivity contribution in [1.82, 2.24) is 5.32 Å². The number of hydrogen-bond acceptors (Lipinski definition) is 2. The first-order valence-electron chi connectivity index (χ1n) is 7.15. The predicted octanol–water partition coefficient (Wildman–Crippen LogP) is 3.85. The van der Waals surface area contributed by atoms with E-state index in [9.17, 15) is 0 Å². The summed E-state index contributed by atoms with van der Waals surface area (Å²) in [6.07, 6.45) is 3.49. The smallest absolute Gasteiger partial charge is 0.0661 e. The van der Waals surface area contributed by atoms with Crippen LogP contribution in [-0.2, 0) is 4.74 Å². The number of rotatable bonds is 9. The number of nitrogens with one attached hydrogen (secondary N) is 1. The summed E-state index contributed by atoms with van der Waals surface area (Å²) in [4.78, 5) is 0. The van der Waals surface area contributed by atoms with Gasteiger partial charge in [0.05, 0.1) is 12.6 Å². The van der Waals surface area contributed by atoms with E-state index in [0.29, 0.717) is 6.04 Å². The molecular weight excluding hydrogens is 222 g/mol. The summed E-state index contributed by atoms with van der Waals surface area (Å²) in [6, 6.07) is 9.06. The summed E-state index contributed by atoms with van der Waals surface area (Å²) in [6.45, 7) is 9.18. The Labute approximate surface area is 112 Å². The maximum atomic E-state index is 5.76. The zero-order valence-electron chi connectivity index (χ0n) is 12.0. The highest BCUT2D eigenvalue weighted by atomic mass is 16.5. The molecular formula is C16H27NO. The van der Waals surface area contributed by atoms with Gasteiger partial charge in [0.15, 0.2) is 0 Å². The fourth-order valence-electron chi connectivity index (χ4n) is 1.84. The van der Waals surface area contributed by atoms with Crippen molar-refractivity contribution in [2.24, 2.45) is 0 Å². The zero-order valence-corrected chi connectivity index (χ0v) is 12.0. The molecule has 0 saturated carbocycles. The van der Waals surface area contributed by atoms with Crippen LogP contribution in [0.1, 0.15) is 50.3 Å². The molecule has 102 valence electrons. The molecule has 0 aliphatic rings. The molecule has 1 rings (SSSR count). The van der Waals surface area contributed by atoms with E-state index in [0.717, 1.165) is 32.6 Å². The van der Waals surface area contributed by atoms with Crippen LogP contribution in [-0.4, -0.2) is 19.8 Å². The van der Waals surface area contributed by atoms with E-state index in [1.54, 1.807) is 0 Å². The highest BCUT2D eigenvalue weighted by molar-refractivity contribution is 5.24. The number of aryl methyl sites for hydroxylation is 1. The van der Waals surface area contributed by atoms with Gasteiger partial charge in [-0.3, -0.25) is 0 Å². The number of benzene rings is 1. The average Bonchev–Trinajstić information content (AvgIpc) is 2.39. The van der Waals surface area contributed by atoms with Gasteiger partial charge in [0, 0.05) is 6.61 Å². The molecule has 0 spiro atoms. The Morgan fingerprint density at radius 2 is 1.83 bits per heavy atom. The first-order chi connectivity index (χ1) is 8.77. The van der Waals surface area contributed by atoms with Crippen LogP contribution in [0.25, 0.3) is 0 Å². The molecule has 2 heteroatoms. The maximum absolute atomic E-state index is 5.76. The molecule has 2 nitrogen and oxygen atoms in total. The summed E-state index contributed by atoms with van der Waals surface area (Å²) >= 11 is 0. The molecule has 1 atom stereocenters. The summed E-state index contributed by atoms with van der Waals surface area (Å²) in [5, 5.41) is 3.56. The molecule has 0 radical (unpaired) electrons. The van der Waals surface area contributed by atoms with Crippen molar-refractivity contribution in [3.8, 4) is 0 Å². The minimum absolute atomic E-state index is 0.322. The quantitative estimate of drug-likeness (QED) is 0.671. The van der Waals surface area contributed by atoms with Crippen LogP contribution in [0, 0.1) is 6.92 Å². The fraction of sp³-hybridized carbons (Fsp3) is 0.625. The van der Waals surface area contributed by atoms with E-state index in [2.05, 4.69) is 50.4 Å². The van der Waals surface area contributed by atoms with Gasteiger partial charge in [-0.2, -0.15) is 0 Å². The highest BCUT2D eigenvalue weighted by Crippen LogP contribution is 2.14. The lowest BCUT2D eigenvalue weighted by Crippen LogP contribution is -2.26. The monoisotopic (exact) mass is 249 g/mol. The van der Waals surface area contributed by atoms with Crippen LogP contribution in [0.2, 0.25) is 0 Å². The van der Waals surface area contributed by atoms with Crippen molar-refractivity contribution in [3.63, 3.8) is 0 Å². The van der Waals surface area contributed by atoms with Gasteiger partial charge < -0.3 is 10.1 Å². The molecule has 0 aliphatic heterocycles. The second kappa shape index (κ2) is 9.12. The predicted molar refractivity (Wildman–Crippen MR) is 77.9 cm³/mol. The molecule has 1 aromatic rings. The van der Waals surface area contributed by atoms with Crippen molar-refractivity contribution in [2.75, 3.05) is 19.8 Å². The molecule has 18 heavy (non-hydrogen) atoms. The molecule has 0 bridgehead atoms. The second-order valence-electron chi connectivity index (χ2n) is 4.85. The minimum Gasteiger partial charge on any atom is -0.379 e. The standard InChI is InChI=1S/C16H27NO/c1-4-6-12-18-13-16(17-11-5-2)15-9-7-14(3)8-10-15/h7-10,16-17H,4-6,11-13H2,1-3H3. The van der Waals surface area contributed by atoms with Crippen LogP contribution in [0.3, 0.4) is 0 Å². The third-order valence-electron chi connectivity index (χ3n) is 3.05. The SMILES string of the molecule is CCCCOCC(NCCC)c1ccc(C)cc1. The zero-order chi connectivity index (χ0) is 13.2. The van der Waals surface area contributed by atoms with Gasteiger partial charge in [0.1, 0.15) is 0 Å². The molecule has 0 saturated heterocycles. The van der Waals surface area contributed by atoms with Gasteiger partial charge in [0.2, 0.25) is 0 Å². The van der Waals surface area contributed by atoms with E-state index in [-0.39, 0.29) is 0 Å². The normalized spacial score (nSPS) is 12.6. The van der Waals surface area contributed by atoms with E-state index >= 15 is 0 Å². The Morgan fingerprint density at radius 3 is 2.44 bits per heavy atom. The van der Waals surface area contributed by atoms with Gasteiger partial charge in [-0.05, 0) is 31.9 Å². The van der Waals surface area contributed by atoms with E-state index in [1.165, 1.54) is 17.5 Å². The van der Waals surface area contributed by atoms with Crippen molar-refractivity contribution in [3.05, 3.63) is 35.4 Å². The molecule has 1 unspecified atom stereocenters. The van der Waals surface area contributed by atoms with Crippen LogP contribution in [0.5, 0.6) is 0 Å². The minimum atomic E-state index is 0.322. The molecule has 1 aromatic carbocycles. The number of hydrogen-bond donors (Lipinski definition) is 1. The molecule has 0 aromatic heterocycles. The number of unbranched alkanes of at least 4 members (excludes halogenated alkanes) is 1. The lowest BCUT2D eigenvalue weighted by Gasteiger charge is -2.19. The summed E-state index contributed by atoms with van der Waals surface area (Å²) < 4.78 is 5.76. The average molecular weight is 249 g/mol. The van der Waals surface area contributed by atoms with Crippen molar-refractivity contribution in [2.45, 2.75) is 46.1 Å². The van der Waals surface area contributed by atoms with Gasteiger partial charge in [-0.15, -0.1) is 0 Å². The van der Waals surface area contributed by atoms with Crippen molar-refractivity contribution in [1.29, 1.82) is 0 Å². The lowest BCUT2D eigenvalue weighted by atomic mass is 10.1. The van der Waals surface area contributed by atoms with Crippen molar-refractivity contribution < 1.29 is 4.74 Å². The first kappa shape index (κ1) is 15.2. The number of ether oxygens (including phenoxy) is 1. The topological polar surface area (TPSA) is 21.3 Å². The Kier molecular flexibility index (Phi) is 7.70. The van der Waals surface area contributed by atoms with Crippen molar-refractivity contribution >= 4 is 0 Å². The molecule has 1 N–H and O–H groups in total. The molecule has 0 amide bonds. The van der Waals surface area contributed by atoms with Crippen LogP contribution in [0.4, 0.5) is 0 Å². The van der Waals surface area contributed by atoms with E-state index in [4.69, 9.17) is 4.74 Å². The summed E-state index contributed by atoms with van der Waals surface area (Å²) in [5.41, 5.74) is 2.63. The Morgan fingerprint density at radius 1 is 1.11 bits per heavy atom. The molecule has 0 aliphatic carbocycles. The largest absolute Gasteiger partial charge is 0.379 e. The van der Waals surface area contributed by atoms with Gasteiger partial charge in [0.25, 0.3) is 0 Å². The maximum Gasteiger partial charge on any atom is 0.0661 e. The summed E-state index contributed by atoms with van der Waals surface area (Å²) in [7, 11) is 0. The van der Waals surface area contributed by atoms with E-state index in [1.807, 2.05) is 0 Å². The van der Waals surface area contributed by atoms with Gasteiger partial charge in [-0.25, -0.2) is 0 Å². The third kappa shape index (κ3) is 5.65. The first-order valence-corrected chi connectivity index (χ1v) is 7.15. The highest BCUT2D eigenvalue weighted by Gasteiger charge is 2.10.